The SMILES string of the molecule is Cc1cc(F)ccc1-c1cncc(Cl)n1. The minimum Gasteiger partial charge on any atom is -0.259 e. The molecule has 2 nitrogen and oxygen atoms in total. The molecule has 1 heterocycles. The zero-order valence-electron chi connectivity index (χ0n) is 8.04. The largest absolute Gasteiger partial charge is 0.259 e. The summed E-state index contributed by atoms with van der Waals surface area (Å²) in [5.41, 5.74) is 2.30. The van der Waals surface area contributed by atoms with Crippen molar-refractivity contribution in [3.05, 3.63) is 47.1 Å². The lowest BCUT2D eigenvalue weighted by Gasteiger charge is -2.04. The molecular formula is C11H8ClFN2. The Labute approximate surface area is 91.8 Å². The quantitative estimate of drug-likeness (QED) is 0.740. The Morgan fingerprint density at radius 1 is 1.27 bits per heavy atom. The number of rotatable bonds is 1. The molecule has 0 amide bonds. The fraction of sp³-hybridized carbons (Fsp3) is 0.0909. The van der Waals surface area contributed by atoms with Gasteiger partial charge in [-0.3, -0.25) is 4.98 Å². The van der Waals surface area contributed by atoms with E-state index in [1.165, 1.54) is 18.3 Å². The van der Waals surface area contributed by atoms with Crippen LogP contribution in [0.15, 0.2) is 30.6 Å². The Kier molecular flexibility index (Phi) is 2.64. The summed E-state index contributed by atoms with van der Waals surface area (Å²) in [5.74, 6) is -0.258. The first-order valence-electron chi connectivity index (χ1n) is 4.41. The summed E-state index contributed by atoms with van der Waals surface area (Å²) in [6.45, 7) is 1.82. The van der Waals surface area contributed by atoms with Crippen molar-refractivity contribution in [1.29, 1.82) is 0 Å². The minimum atomic E-state index is -0.258. The molecule has 1 aromatic carbocycles. The molecule has 2 rings (SSSR count). The first-order chi connectivity index (χ1) is 7.16. The van der Waals surface area contributed by atoms with Crippen LogP contribution in [-0.2, 0) is 0 Å². The molecule has 0 atom stereocenters. The minimum absolute atomic E-state index is 0.258. The number of hydrogen-bond donors (Lipinski definition) is 0. The fourth-order valence-corrected chi connectivity index (χ4v) is 1.53. The fourth-order valence-electron chi connectivity index (χ4n) is 1.39. The second-order valence-corrected chi connectivity index (χ2v) is 3.57. The molecule has 0 saturated carbocycles. The maximum Gasteiger partial charge on any atom is 0.148 e. The van der Waals surface area contributed by atoms with Crippen molar-refractivity contribution in [3.8, 4) is 11.3 Å². The predicted molar refractivity (Wildman–Crippen MR) is 57.2 cm³/mol. The van der Waals surface area contributed by atoms with Crippen molar-refractivity contribution in [2.24, 2.45) is 0 Å². The van der Waals surface area contributed by atoms with Crippen molar-refractivity contribution in [2.45, 2.75) is 6.92 Å². The molecule has 76 valence electrons. The molecule has 0 radical (unpaired) electrons. The first kappa shape index (κ1) is 10.1. The van der Waals surface area contributed by atoms with E-state index in [1.807, 2.05) is 6.92 Å². The molecule has 0 bridgehead atoms. The maximum atomic E-state index is 12.9. The van der Waals surface area contributed by atoms with Crippen molar-refractivity contribution >= 4 is 11.6 Å². The third-order valence-electron chi connectivity index (χ3n) is 2.07. The summed E-state index contributed by atoms with van der Waals surface area (Å²) in [6, 6.07) is 4.52. The van der Waals surface area contributed by atoms with Crippen LogP contribution in [0.1, 0.15) is 5.56 Å². The van der Waals surface area contributed by atoms with Crippen LogP contribution in [0.25, 0.3) is 11.3 Å². The topological polar surface area (TPSA) is 25.8 Å². The monoisotopic (exact) mass is 222 g/mol. The Hall–Kier alpha value is -1.48. The lowest BCUT2D eigenvalue weighted by molar-refractivity contribution is 0.627. The van der Waals surface area contributed by atoms with E-state index >= 15 is 0 Å². The molecule has 2 aromatic rings. The van der Waals surface area contributed by atoms with Crippen molar-refractivity contribution < 1.29 is 4.39 Å². The van der Waals surface area contributed by atoms with Crippen molar-refractivity contribution in [2.75, 3.05) is 0 Å². The molecule has 15 heavy (non-hydrogen) atoms. The zero-order valence-corrected chi connectivity index (χ0v) is 8.79. The highest BCUT2D eigenvalue weighted by atomic mass is 35.5. The Bertz CT molecular complexity index is 500. The van der Waals surface area contributed by atoms with E-state index in [1.54, 1.807) is 12.3 Å². The summed E-state index contributed by atoms with van der Waals surface area (Å²) in [4.78, 5) is 8.05. The predicted octanol–water partition coefficient (Wildman–Crippen LogP) is 3.24. The molecule has 1 aromatic heterocycles. The highest BCUT2D eigenvalue weighted by Gasteiger charge is 2.05. The van der Waals surface area contributed by atoms with E-state index in [9.17, 15) is 4.39 Å². The number of nitrogens with zero attached hydrogens (tertiary/aromatic N) is 2. The van der Waals surface area contributed by atoms with Crippen LogP contribution in [0.2, 0.25) is 5.15 Å². The average Bonchev–Trinajstić information content (AvgIpc) is 2.17. The van der Waals surface area contributed by atoms with Gasteiger partial charge in [0.05, 0.1) is 18.1 Å². The summed E-state index contributed by atoms with van der Waals surface area (Å²) >= 11 is 5.73. The number of benzene rings is 1. The number of aryl methyl sites for hydroxylation is 1. The number of aromatic nitrogens is 2. The molecular weight excluding hydrogens is 215 g/mol. The molecule has 0 saturated heterocycles. The van der Waals surface area contributed by atoms with Crippen LogP contribution in [0.3, 0.4) is 0 Å². The van der Waals surface area contributed by atoms with Gasteiger partial charge in [-0.15, -0.1) is 0 Å². The van der Waals surface area contributed by atoms with Gasteiger partial charge in [-0.1, -0.05) is 11.6 Å². The van der Waals surface area contributed by atoms with Crippen molar-refractivity contribution in [1.82, 2.24) is 9.97 Å². The lowest BCUT2D eigenvalue weighted by atomic mass is 10.1. The third kappa shape index (κ3) is 2.13. The first-order valence-corrected chi connectivity index (χ1v) is 4.78. The van der Waals surface area contributed by atoms with E-state index in [4.69, 9.17) is 11.6 Å². The molecule has 0 spiro atoms. The van der Waals surface area contributed by atoms with Gasteiger partial charge in [0, 0.05) is 5.56 Å². The van der Waals surface area contributed by atoms with Crippen LogP contribution in [0, 0.1) is 12.7 Å². The second-order valence-electron chi connectivity index (χ2n) is 3.19. The summed E-state index contributed by atoms with van der Waals surface area (Å²) < 4.78 is 12.9. The van der Waals surface area contributed by atoms with Gasteiger partial charge in [0.1, 0.15) is 11.0 Å². The van der Waals surface area contributed by atoms with Gasteiger partial charge in [0.25, 0.3) is 0 Å². The molecule has 0 fully saturated rings. The van der Waals surface area contributed by atoms with Crippen LogP contribution >= 0.6 is 11.6 Å². The van der Waals surface area contributed by atoms with Crippen molar-refractivity contribution in [3.63, 3.8) is 0 Å². The van der Waals surface area contributed by atoms with Crippen LogP contribution in [-0.4, -0.2) is 9.97 Å². The smallest absolute Gasteiger partial charge is 0.148 e. The van der Waals surface area contributed by atoms with Gasteiger partial charge in [-0.2, -0.15) is 0 Å². The summed E-state index contributed by atoms with van der Waals surface area (Å²) in [5, 5.41) is 0.330. The molecule has 4 heteroatoms. The van der Waals surface area contributed by atoms with Gasteiger partial charge >= 0.3 is 0 Å². The third-order valence-corrected chi connectivity index (χ3v) is 2.25. The Morgan fingerprint density at radius 2 is 2.07 bits per heavy atom. The lowest BCUT2D eigenvalue weighted by Crippen LogP contribution is -1.90. The van der Waals surface area contributed by atoms with Gasteiger partial charge in [0.15, 0.2) is 0 Å². The second kappa shape index (κ2) is 3.95. The average molecular weight is 223 g/mol. The van der Waals surface area contributed by atoms with Gasteiger partial charge in [0.2, 0.25) is 0 Å². The normalized spacial score (nSPS) is 10.3. The maximum absolute atomic E-state index is 12.9. The van der Waals surface area contributed by atoms with Crippen LogP contribution in [0.4, 0.5) is 4.39 Å². The van der Waals surface area contributed by atoms with Gasteiger partial charge < -0.3 is 0 Å². The Balaban J connectivity index is 2.54. The summed E-state index contributed by atoms with van der Waals surface area (Å²) in [6.07, 6.45) is 3.07. The Morgan fingerprint density at radius 3 is 2.73 bits per heavy atom. The summed E-state index contributed by atoms with van der Waals surface area (Å²) in [7, 11) is 0. The van der Waals surface area contributed by atoms with Crippen LogP contribution in [0.5, 0.6) is 0 Å². The molecule has 0 unspecified atom stereocenters. The van der Waals surface area contributed by atoms with Gasteiger partial charge in [-0.05, 0) is 30.7 Å². The van der Waals surface area contributed by atoms with E-state index in [0.717, 1.165) is 11.1 Å². The molecule has 0 aliphatic carbocycles. The number of halogens is 2. The molecule has 0 aliphatic heterocycles. The highest BCUT2D eigenvalue weighted by molar-refractivity contribution is 6.29. The van der Waals surface area contributed by atoms with E-state index in [2.05, 4.69) is 9.97 Å². The van der Waals surface area contributed by atoms with E-state index in [0.29, 0.717) is 10.8 Å². The highest BCUT2D eigenvalue weighted by Crippen LogP contribution is 2.22. The standard InChI is InChI=1S/C11H8ClFN2/c1-7-4-8(13)2-3-9(7)10-5-14-6-11(12)15-10/h2-6H,1H3. The van der Waals surface area contributed by atoms with Crippen LogP contribution < -0.4 is 0 Å². The molecule has 0 N–H and O–H groups in total. The van der Waals surface area contributed by atoms with Gasteiger partial charge in [-0.25, -0.2) is 9.37 Å². The van der Waals surface area contributed by atoms with E-state index < -0.39 is 0 Å². The van der Waals surface area contributed by atoms with E-state index in [-0.39, 0.29) is 5.82 Å². The number of hydrogen-bond acceptors (Lipinski definition) is 2. The zero-order chi connectivity index (χ0) is 10.8. The molecule has 0 aliphatic rings.